The van der Waals surface area contributed by atoms with E-state index < -0.39 is 21.8 Å². The highest BCUT2D eigenvalue weighted by atomic mass is 32.2. The van der Waals surface area contributed by atoms with Gasteiger partial charge in [0.2, 0.25) is 10.0 Å². The zero-order valence-electron chi connectivity index (χ0n) is 22.8. The molecule has 11 heteroatoms. The van der Waals surface area contributed by atoms with Gasteiger partial charge in [-0.05, 0) is 55.0 Å². The fourth-order valence-corrected chi connectivity index (χ4v) is 6.65. The topological polar surface area (TPSA) is 64.2 Å². The fraction of sp³-hybridized carbons (Fsp3) is 0.367. The summed E-state index contributed by atoms with van der Waals surface area (Å²) in [6, 6.07) is 19.6. The molecule has 0 radical (unpaired) electrons. The van der Waals surface area contributed by atoms with Crippen molar-refractivity contribution < 1.29 is 26.4 Å². The van der Waals surface area contributed by atoms with Crippen molar-refractivity contribution >= 4 is 21.6 Å². The lowest BCUT2D eigenvalue weighted by atomic mass is 10.1. The van der Waals surface area contributed by atoms with Crippen LogP contribution in [0.1, 0.15) is 27.0 Å². The number of amides is 1. The van der Waals surface area contributed by atoms with E-state index in [2.05, 4.69) is 4.90 Å². The third-order valence-corrected chi connectivity index (χ3v) is 9.62. The second kappa shape index (κ2) is 11.8. The van der Waals surface area contributed by atoms with E-state index in [1.165, 1.54) is 10.4 Å². The average molecular weight is 587 g/mol. The Hall–Kier alpha value is -3.41. The van der Waals surface area contributed by atoms with E-state index in [-0.39, 0.29) is 5.91 Å². The van der Waals surface area contributed by atoms with Gasteiger partial charge in [0.05, 0.1) is 10.5 Å². The highest BCUT2D eigenvalue weighted by Crippen LogP contribution is 2.32. The maximum absolute atomic E-state index is 13.1. The van der Waals surface area contributed by atoms with Crippen molar-refractivity contribution in [1.29, 1.82) is 0 Å². The van der Waals surface area contributed by atoms with Gasteiger partial charge in [-0.1, -0.05) is 35.9 Å². The molecule has 0 spiro atoms. The van der Waals surface area contributed by atoms with Crippen molar-refractivity contribution in [2.45, 2.75) is 24.5 Å². The molecule has 0 aromatic heterocycles. The summed E-state index contributed by atoms with van der Waals surface area (Å²) in [4.78, 5) is 19.2. The summed E-state index contributed by atoms with van der Waals surface area (Å²) in [5.41, 5.74) is 2.44. The summed E-state index contributed by atoms with van der Waals surface area (Å²) in [7, 11) is -3.51. The number of carbonyl (C=O) groups excluding carboxylic acids is 1. The van der Waals surface area contributed by atoms with Crippen LogP contribution in [-0.4, -0.2) is 80.8 Å². The van der Waals surface area contributed by atoms with Gasteiger partial charge in [-0.3, -0.25) is 9.69 Å². The average Bonchev–Trinajstić information content (AvgIpc) is 2.97. The predicted molar refractivity (Wildman–Crippen MR) is 151 cm³/mol. The molecule has 2 saturated heterocycles. The first-order valence-corrected chi connectivity index (χ1v) is 15.0. The van der Waals surface area contributed by atoms with Crippen LogP contribution in [0.15, 0.2) is 77.7 Å². The molecule has 2 fully saturated rings. The minimum Gasteiger partial charge on any atom is -0.368 e. The lowest BCUT2D eigenvalue weighted by Gasteiger charge is -2.36. The zero-order chi connectivity index (χ0) is 29.2. The van der Waals surface area contributed by atoms with Crippen molar-refractivity contribution in [3.05, 3.63) is 95.1 Å². The summed E-state index contributed by atoms with van der Waals surface area (Å²) >= 11 is 0. The Balaban J connectivity index is 1.11. The van der Waals surface area contributed by atoms with Crippen LogP contribution >= 0.6 is 0 Å². The molecule has 0 bridgehead atoms. The van der Waals surface area contributed by atoms with E-state index in [1.807, 2.05) is 24.0 Å². The van der Waals surface area contributed by atoms with Gasteiger partial charge in [-0.15, -0.1) is 0 Å². The largest absolute Gasteiger partial charge is 0.416 e. The van der Waals surface area contributed by atoms with Crippen LogP contribution in [0.5, 0.6) is 0 Å². The molecule has 1 amide bonds. The Morgan fingerprint density at radius 3 is 2.05 bits per heavy atom. The Morgan fingerprint density at radius 1 is 0.805 bits per heavy atom. The molecular formula is C30H33F3N4O3S. The first kappa shape index (κ1) is 29.1. The monoisotopic (exact) mass is 586 g/mol. The Bertz CT molecular complexity index is 1460. The van der Waals surface area contributed by atoms with Crippen LogP contribution in [0.2, 0.25) is 0 Å². The van der Waals surface area contributed by atoms with E-state index in [4.69, 9.17) is 0 Å². The number of alkyl halides is 3. The molecular weight excluding hydrogens is 553 g/mol. The first-order valence-electron chi connectivity index (χ1n) is 13.6. The van der Waals surface area contributed by atoms with Crippen molar-refractivity contribution in [3.63, 3.8) is 0 Å². The van der Waals surface area contributed by atoms with Crippen molar-refractivity contribution in [3.8, 4) is 0 Å². The van der Waals surface area contributed by atoms with Gasteiger partial charge in [0.15, 0.2) is 0 Å². The number of hydrogen-bond donors (Lipinski definition) is 0. The SMILES string of the molecule is Cc1ccc(S(=O)(=O)N2CCN(Cc3ccc(C(=O)N4CCN(c5cccc(C(F)(F)F)c5)CC4)cc3)CC2)cc1. The van der Waals surface area contributed by atoms with Gasteiger partial charge in [0, 0.05) is 70.2 Å². The minimum absolute atomic E-state index is 0.102. The van der Waals surface area contributed by atoms with Gasteiger partial charge in [-0.2, -0.15) is 17.5 Å². The summed E-state index contributed by atoms with van der Waals surface area (Å²) in [6.45, 7) is 6.39. The van der Waals surface area contributed by atoms with E-state index >= 15 is 0 Å². The molecule has 0 aliphatic carbocycles. The maximum atomic E-state index is 13.1. The minimum atomic E-state index is -4.39. The maximum Gasteiger partial charge on any atom is 0.416 e. The Labute approximate surface area is 238 Å². The third-order valence-electron chi connectivity index (χ3n) is 7.70. The number of anilines is 1. The number of sulfonamides is 1. The Kier molecular flexibility index (Phi) is 8.40. The number of nitrogens with zero attached hydrogens (tertiary/aromatic N) is 4. The highest BCUT2D eigenvalue weighted by Gasteiger charge is 2.32. The fourth-order valence-electron chi connectivity index (χ4n) is 5.23. The predicted octanol–water partition coefficient (Wildman–Crippen LogP) is 4.48. The zero-order valence-corrected chi connectivity index (χ0v) is 23.7. The summed E-state index contributed by atoms with van der Waals surface area (Å²) in [5, 5.41) is 0. The van der Waals surface area contributed by atoms with E-state index in [0.29, 0.717) is 75.0 Å². The van der Waals surface area contributed by atoms with Crippen LogP contribution in [0.3, 0.4) is 0 Å². The van der Waals surface area contributed by atoms with Crippen molar-refractivity contribution in [1.82, 2.24) is 14.1 Å². The lowest BCUT2D eigenvalue weighted by Crippen LogP contribution is -2.48. The quantitative estimate of drug-likeness (QED) is 0.426. The van der Waals surface area contributed by atoms with Crippen LogP contribution in [0.25, 0.3) is 0 Å². The smallest absolute Gasteiger partial charge is 0.368 e. The molecule has 2 aliphatic heterocycles. The number of aryl methyl sites for hydroxylation is 1. The van der Waals surface area contributed by atoms with E-state index in [1.54, 1.807) is 47.4 Å². The van der Waals surface area contributed by atoms with Crippen molar-refractivity contribution in [2.24, 2.45) is 0 Å². The molecule has 0 N–H and O–H groups in total. The summed E-state index contributed by atoms with van der Waals surface area (Å²) < 4.78 is 66.7. The standard InChI is InChI=1S/C30H33F3N4O3S/c1-23-5-11-28(12-6-23)41(39,40)37-19-13-34(14-20-37)22-24-7-9-25(10-8-24)29(38)36-17-15-35(16-18-36)27-4-2-3-26(21-27)30(31,32)33/h2-12,21H,13-20,22H2,1H3. The summed E-state index contributed by atoms with van der Waals surface area (Å²) in [5.74, 6) is -0.102. The molecule has 2 heterocycles. The number of carbonyl (C=O) groups is 1. The molecule has 0 atom stereocenters. The highest BCUT2D eigenvalue weighted by molar-refractivity contribution is 7.89. The number of piperazine rings is 2. The third kappa shape index (κ3) is 6.74. The molecule has 3 aromatic rings. The number of hydrogen-bond acceptors (Lipinski definition) is 5. The number of rotatable bonds is 6. The molecule has 0 saturated carbocycles. The molecule has 0 unspecified atom stereocenters. The van der Waals surface area contributed by atoms with Crippen LogP contribution < -0.4 is 4.90 Å². The van der Waals surface area contributed by atoms with Gasteiger partial charge >= 0.3 is 6.18 Å². The van der Waals surface area contributed by atoms with Gasteiger partial charge < -0.3 is 9.80 Å². The normalized spacial score (nSPS) is 17.6. The van der Waals surface area contributed by atoms with Gasteiger partial charge in [-0.25, -0.2) is 8.42 Å². The lowest BCUT2D eigenvalue weighted by molar-refractivity contribution is -0.137. The van der Waals surface area contributed by atoms with Crippen molar-refractivity contribution in [2.75, 3.05) is 57.3 Å². The second-order valence-corrected chi connectivity index (χ2v) is 12.5. The first-order chi connectivity index (χ1) is 19.5. The summed E-state index contributed by atoms with van der Waals surface area (Å²) in [6.07, 6.45) is -4.39. The van der Waals surface area contributed by atoms with Crippen LogP contribution in [-0.2, 0) is 22.7 Å². The molecule has 2 aliphatic rings. The number of halogens is 3. The molecule has 3 aromatic carbocycles. The van der Waals surface area contributed by atoms with Crippen LogP contribution in [0, 0.1) is 6.92 Å². The van der Waals surface area contributed by atoms with E-state index in [0.717, 1.165) is 23.3 Å². The van der Waals surface area contributed by atoms with Crippen LogP contribution in [0.4, 0.5) is 18.9 Å². The van der Waals surface area contributed by atoms with Gasteiger partial charge in [0.1, 0.15) is 0 Å². The molecule has 218 valence electrons. The second-order valence-electron chi connectivity index (χ2n) is 10.5. The number of benzene rings is 3. The molecule has 41 heavy (non-hydrogen) atoms. The molecule has 7 nitrogen and oxygen atoms in total. The van der Waals surface area contributed by atoms with E-state index in [9.17, 15) is 26.4 Å². The van der Waals surface area contributed by atoms with Gasteiger partial charge in [0.25, 0.3) is 5.91 Å². The Morgan fingerprint density at radius 2 is 1.44 bits per heavy atom. The molecule has 5 rings (SSSR count).